The van der Waals surface area contributed by atoms with E-state index in [4.69, 9.17) is 4.74 Å². The van der Waals surface area contributed by atoms with E-state index < -0.39 is 0 Å². The molecule has 138 valence electrons. The largest absolute Gasteiger partial charge is 0.492 e. The Morgan fingerprint density at radius 2 is 1.96 bits per heavy atom. The van der Waals surface area contributed by atoms with Gasteiger partial charge < -0.3 is 9.84 Å². The minimum Gasteiger partial charge on any atom is -0.492 e. The van der Waals surface area contributed by atoms with Crippen LogP contribution in [0.4, 0.5) is 0 Å². The maximum atomic E-state index is 10.9. The van der Waals surface area contributed by atoms with Crippen LogP contribution in [0, 0.1) is 13.8 Å². The van der Waals surface area contributed by atoms with E-state index in [2.05, 4.69) is 60.0 Å². The van der Waals surface area contributed by atoms with Crippen molar-refractivity contribution < 1.29 is 9.84 Å². The fourth-order valence-corrected chi connectivity index (χ4v) is 4.99. The van der Waals surface area contributed by atoms with Crippen LogP contribution in [0.25, 0.3) is 4.96 Å². The summed E-state index contributed by atoms with van der Waals surface area (Å²) >= 11 is 1.51. The number of aryl methyl sites for hydroxylation is 2. The third-order valence-corrected chi connectivity index (χ3v) is 5.80. The minimum absolute atomic E-state index is 0.0440. The van der Waals surface area contributed by atoms with Gasteiger partial charge in [0.15, 0.2) is 0 Å². The van der Waals surface area contributed by atoms with E-state index in [1.165, 1.54) is 22.5 Å². The first kappa shape index (κ1) is 17.5. The van der Waals surface area contributed by atoms with Crippen molar-refractivity contribution in [1.29, 1.82) is 0 Å². The van der Waals surface area contributed by atoms with Gasteiger partial charge in [-0.3, -0.25) is 4.90 Å². The monoisotopic (exact) mass is 372 g/mol. The second-order valence-corrected chi connectivity index (χ2v) is 8.18. The van der Waals surface area contributed by atoms with Gasteiger partial charge in [-0.2, -0.15) is 4.52 Å². The predicted octanol–water partition coefficient (Wildman–Crippen LogP) is 3.31. The Labute approximate surface area is 157 Å². The molecule has 0 aliphatic carbocycles. The Balaban J connectivity index is 1.84. The molecular formula is C19H24N4O2S. The Morgan fingerprint density at radius 1 is 1.23 bits per heavy atom. The van der Waals surface area contributed by atoms with Crippen LogP contribution in [0.2, 0.25) is 0 Å². The number of fused-ring (bicyclic) bond motifs is 1. The van der Waals surface area contributed by atoms with Crippen LogP contribution in [-0.2, 0) is 4.74 Å². The summed E-state index contributed by atoms with van der Waals surface area (Å²) in [6.45, 7) is 9.76. The van der Waals surface area contributed by atoms with E-state index in [-0.39, 0.29) is 24.1 Å². The number of aromatic hydroxyl groups is 1. The maximum absolute atomic E-state index is 10.9. The van der Waals surface area contributed by atoms with Crippen LogP contribution in [0.3, 0.4) is 0 Å². The van der Waals surface area contributed by atoms with Gasteiger partial charge in [-0.1, -0.05) is 41.2 Å². The van der Waals surface area contributed by atoms with Crippen molar-refractivity contribution >= 4 is 16.3 Å². The van der Waals surface area contributed by atoms with Crippen molar-refractivity contribution in [2.24, 2.45) is 0 Å². The lowest BCUT2D eigenvalue weighted by molar-refractivity contribution is -0.0764. The molecule has 0 saturated carbocycles. The maximum Gasteiger partial charge on any atom is 0.230 e. The SMILES string of the molecule is Cc1cccc([C@H](c2sc3nc(C)nn3c2O)N2C[C@@H](C)O[C@@H](C)C2)c1. The molecule has 1 saturated heterocycles. The Bertz CT molecular complexity index is 925. The number of hydrogen-bond acceptors (Lipinski definition) is 6. The van der Waals surface area contributed by atoms with Crippen LogP contribution in [0.5, 0.6) is 5.88 Å². The molecule has 3 aromatic rings. The fraction of sp³-hybridized carbons (Fsp3) is 0.474. The van der Waals surface area contributed by atoms with Gasteiger partial charge in [0.2, 0.25) is 10.8 Å². The molecule has 0 bridgehead atoms. The average molecular weight is 372 g/mol. The van der Waals surface area contributed by atoms with Crippen molar-refractivity contribution in [2.45, 2.75) is 45.9 Å². The van der Waals surface area contributed by atoms with Gasteiger partial charge in [0.25, 0.3) is 0 Å². The van der Waals surface area contributed by atoms with Crippen molar-refractivity contribution in [3.8, 4) is 5.88 Å². The number of rotatable bonds is 3. The van der Waals surface area contributed by atoms with Crippen molar-refractivity contribution in [1.82, 2.24) is 19.5 Å². The molecule has 3 heterocycles. The molecule has 0 radical (unpaired) electrons. The summed E-state index contributed by atoms with van der Waals surface area (Å²) in [4.78, 5) is 8.43. The highest BCUT2D eigenvalue weighted by Gasteiger charge is 2.34. The molecule has 1 fully saturated rings. The second-order valence-electron chi connectivity index (χ2n) is 7.17. The van der Waals surface area contributed by atoms with Gasteiger partial charge >= 0.3 is 0 Å². The molecule has 3 atom stereocenters. The molecule has 0 unspecified atom stereocenters. The number of aromatic nitrogens is 3. The standard InChI is InChI=1S/C19H24N4O2S/c1-11-6-5-7-15(8-11)16(22-9-12(2)25-13(3)10-22)17-18(24)23-19(26-17)20-14(4)21-23/h5-8,12-13,16,24H,9-10H2,1-4H3/t12-,13+,16-/m1/s1. The second kappa shape index (κ2) is 6.64. The molecule has 7 heteroatoms. The van der Waals surface area contributed by atoms with Gasteiger partial charge in [-0.25, -0.2) is 4.98 Å². The summed E-state index contributed by atoms with van der Waals surface area (Å²) in [5.74, 6) is 0.850. The van der Waals surface area contributed by atoms with Crippen LogP contribution in [0.1, 0.15) is 41.7 Å². The van der Waals surface area contributed by atoms with Gasteiger partial charge in [0.05, 0.1) is 23.1 Å². The molecule has 1 aromatic carbocycles. The van der Waals surface area contributed by atoms with Crippen molar-refractivity contribution in [2.75, 3.05) is 13.1 Å². The molecule has 1 aliphatic heterocycles. The summed E-state index contributed by atoms with van der Waals surface area (Å²) in [7, 11) is 0. The van der Waals surface area contributed by atoms with Crippen LogP contribution in [-0.4, -0.2) is 49.9 Å². The zero-order chi connectivity index (χ0) is 18.4. The number of ether oxygens (including phenoxy) is 1. The molecule has 0 amide bonds. The summed E-state index contributed by atoms with van der Waals surface area (Å²) in [6.07, 6.45) is 0.301. The number of thiazole rings is 1. The normalized spacial score (nSPS) is 22.8. The van der Waals surface area contributed by atoms with E-state index in [1.807, 2.05) is 6.92 Å². The number of hydrogen-bond donors (Lipinski definition) is 1. The van der Waals surface area contributed by atoms with Gasteiger partial charge in [0, 0.05) is 13.1 Å². The van der Waals surface area contributed by atoms with E-state index in [9.17, 15) is 5.11 Å². The summed E-state index contributed by atoms with van der Waals surface area (Å²) in [6, 6.07) is 8.44. The fourth-order valence-electron chi connectivity index (χ4n) is 3.82. The Morgan fingerprint density at radius 3 is 2.62 bits per heavy atom. The quantitative estimate of drug-likeness (QED) is 0.764. The third kappa shape index (κ3) is 3.11. The zero-order valence-electron chi connectivity index (χ0n) is 15.5. The molecular weight excluding hydrogens is 348 g/mol. The highest BCUT2D eigenvalue weighted by molar-refractivity contribution is 7.17. The van der Waals surface area contributed by atoms with Crippen LogP contribution >= 0.6 is 11.3 Å². The van der Waals surface area contributed by atoms with Crippen molar-refractivity contribution in [3.63, 3.8) is 0 Å². The van der Waals surface area contributed by atoms with E-state index in [1.54, 1.807) is 4.52 Å². The van der Waals surface area contributed by atoms with E-state index in [0.717, 1.165) is 22.9 Å². The molecule has 1 aliphatic rings. The first-order chi connectivity index (χ1) is 12.4. The van der Waals surface area contributed by atoms with Crippen LogP contribution < -0.4 is 0 Å². The number of morpholine rings is 1. The van der Waals surface area contributed by atoms with E-state index in [0.29, 0.717) is 5.82 Å². The molecule has 4 rings (SSSR count). The smallest absolute Gasteiger partial charge is 0.230 e. The lowest BCUT2D eigenvalue weighted by atomic mass is 10.00. The Kier molecular flexibility index (Phi) is 4.46. The highest BCUT2D eigenvalue weighted by atomic mass is 32.1. The van der Waals surface area contributed by atoms with Gasteiger partial charge in [-0.05, 0) is 33.3 Å². The lowest BCUT2D eigenvalue weighted by Gasteiger charge is -2.40. The summed E-state index contributed by atoms with van der Waals surface area (Å²) in [5.41, 5.74) is 2.37. The van der Waals surface area contributed by atoms with Gasteiger partial charge in [0.1, 0.15) is 5.82 Å². The minimum atomic E-state index is -0.0440. The molecule has 1 N–H and O–H groups in total. The predicted molar refractivity (Wildman–Crippen MR) is 102 cm³/mol. The first-order valence-electron chi connectivity index (χ1n) is 8.93. The van der Waals surface area contributed by atoms with E-state index >= 15 is 0 Å². The number of nitrogens with zero attached hydrogens (tertiary/aromatic N) is 4. The average Bonchev–Trinajstić information content (AvgIpc) is 3.05. The molecule has 2 aromatic heterocycles. The van der Waals surface area contributed by atoms with Crippen LogP contribution in [0.15, 0.2) is 24.3 Å². The number of benzene rings is 1. The molecule has 0 spiro atoms. The van der Waals surface area contributed by atoms with Crippen molar-refractivity contribution in [3.05, 3.63) is 46.1 Å². The summed E-state index contributed by atoms with van der Waals surface area (Å²) in [5, 5.41) is 15.2. The summed E-state index contributed by atoms with van der Waals surface area (Å²) < 4.78 is 7.47. The zero-order valence-corrected chi connectivity index (χ0v) is 16.3. The Hall–Kier alpha value is -1.96. The highest BCUT2D eigenvalue weighted by Crippen LogP contribution is 2.41. The van der Waals surface area contributed by atoms with Gasteiger partial charge in [-0.15, -0.1) is 5.10 Å². The molecule has 6 nitrogen and oxygen atoms in total. The first-order valence-corrected chi connectivity index (χ1v) is 9.75. The topological polar surface area (TPSA) is 62.9 Å². The third-order valence-electron chi connectivity index (χ3n) is 4.72. The molecule has 26 heavy (non-hydrogen) atoms. The lowest BCUT2D eigenvalue weighted by Crippen LogP contribution is -2.47.